The molecule has 0 radical (unpaired) electrons. The lowest BCUT2D eigenvalue weighted by Gasteiger charge is -2.19. The van der Waals surface area contributed by atoms with Crippen molar-refractivity contribution < 1.29 is 4.79 Å². The molecule has 2 aromatic heterocycles. The van der Waals surface area contributed by atoms with Gasteiger partial charge in [0.05, 0.1) is 5.52 Å². The molecule has 4 rings (SSSR count). The average molecular weight is 415 g/mol. The van der Waals surface area contributed by atoms with Crippen molar-refractivity contribution in [2.45, 2.75) is 26.3 Å². The number of aromatic nitrogens is 2. The van der Waals surface area contributed by atoms with Crippen LogP contribution in [0.1, 0.15) is 30.6 Å². The fourth-order valence-corrected chi connectivity index (χ4v) is 3.40. The first-order chi connectivity index (χ1) is 12.7. The molecule has 136 valence electrons. The van der Waals surface area contributed by atoms with Crippen molar-refractivity contribution in [1.82, 2.24) is 14.7 Å². The van der Waals surface area contributed by atoms with E-state index in [1.165, 1.54) is 0 Å². The molecule has 0 aliphatic carbocycles. The van der Waals surface area contributed by atoms with Gasteiger partial charge in [0.2, 0.25) is 0 Å². The molecule has 0 spiro atoms. The average Bonchev–Trinajstić information content (AvgIpc) is 3.33. The number of hydrogen-bond donors (Lipinski definition) is 1. The van der Waals surface area contributed by atoms with E-state index in [9.17, 15) is 4.79 Å². The number of nitrogens with zero attached hydrogens (tertiary/aromatic N) is 3. The summed E-state index contributed by atoms with van der Waals surface area (Å²) in [5.74, 6) is 0.950. The molecular formula is C20H23BrN4O. The SMILES string of the molecule is CC.O=C(NC1CCN(c2nccn3cccc23)C1)c1ccc(Br)cc1. The van der Waals surface area contributed by atoms with E-state index < -0.39 is 0 Å². The number of carbonyl (C=O) groups is 1. The van der Waals surface area contributed by atoms with Gasteiger partial charge >= 0.3 is 0 Å². The number of halogens is 1. The number of rotatable bonds is 3. The fourth-order valence-electron chi connectivity index (χ4n) is 3.14. The fraction of sp³-hybridized carbons (Fsp3) is 0.300. The van der Waals surface area contributed by atoms with Gasteiger partial charge in [-0.25, -0.2) is 4.98 Å². The maximum absolute atomic E-state index is 12.4. The summed E-state index contributed by atoms with van der Waals surface area (Å²) in [5.41, 5.74) is 1.78. The largest absolute Gasteiger partial charge is 0.353 e. The van der Waals surface area contributed by atoms with Crippen molar-refractivity contribution in [3.8, 4) is 0 Å². The van der Waals surface area contributed by atoms with E-state index in [-0.39, 0.29) is 11.9 Å². The van der Waals surface area contributed by atoms with E-state index in [4.69, 9.17) is 0 Å². The Bertz CT molecular complexity index is 875. The van der Waals surface area contributed by atoms with Crippen molar-refractivity contribution in [3.05, 3.63) is 65.0 Å². The Labute approximate surface area is 162 Å². The minimum absolute atomic E-state index is 0.0248. The van der Waals surface area contributed by atoms with Crippen molar-refractivity contribution in [2.24, 2.45) is 0 Å². The van der Waals surface area contributed by atoms with Gasteiger partial charge in [0.25, 0.3) is 5.91 Å². The standard InChI is InChI=1S/C18H17BrN4O.C2H6/c19-14-5-3-13(4-6-14)18(24)21-15-7-10-23(12-15)17-16-2-1-9-22(16)11-8-20-17;1-2/h1-6,8-9,11,15H,7,10,12H2,(H,21,24);1-2H3. The number of amides is 1. The summed E-state index contributed by atoms with van der Waals surface area (Å²) in [6.07, 6.45) is 6.70. The van der Waals surface area contributed by atoms with Crippen LogP contribution in [0.15, 0.2) is 59.5 Å². The molecule has 6 heteroatoms. The van der Waals surface area contributed by atoms with E-state index in [1.54, 1.807) is 0 Å². The summed E-state index contributed by atoms with van der Waals surface area (Å²) >= 11 is 3.39. The van der Waals surface area contributed by atoms with Crippen LogP contribution in [0.25, 0.3) is 5.52 Å². The normalized spacial score (nSPS) is 16.3. The Balaban J connectivity index is 0.000000948. The van der Waals surface area contributed by atoms with Crippen LogP contribution in [-0.4, -0.2) is 34.4 Å². The third kappa shape index (κ3) is 3.90. The van der Waals surface area contributed by atoms with Crippen LogP contribution in [-0.2, 0) is 0 Å². The Hall–Kier alpha value is -2.34. The second-order valence-electron chi connectivity index (χ2n) is 5.96. The predicted octanol–water partition coefficient (Wildman–Crippen LogP) is 4.13. The van der Waals surface area contributed by atoms with Gasteiger partial charge in [-0.3, -0.25) is 4.79 Å². The zero-order chi connectivity index (χ0) is 18.5. The van der Waals surface area contributed by atoms with Gasteiger partial charge in [0.15, 0.2) is 5.82 Å². The third-order valence-electron chi connectivity index (χ3n) is 4.36. The van der Waals surface area contributed by atoms with Gasteiger partial charge in [0.1, 0.15) is 0 Å². The molecule has 3 aromatic rings. The molecule has 1 atom stereocenters. The molecule has 5 nitrogen and oxygen atoms in total. The smallest absolute Gasteiger partial charge is 0.251 e. The first kappa shape index (κ1) is 18.5. The van der Waals surface area contributed by atoms with Gasteiger partial charge in [-0.2, -0.15) is 0 Å². The summed E-state index contributed by atoms with van der Waals surface area (Å²) in [5, 5.41) is 3.13. The second-order valence-corrected chi connectivity index (χ2v) is 6.88. The van der Waals surface area contributed by atoms with Crippen molar-refractivity contribution >= 4 is 33.2 Å². The molecule has 0 bridgehead atoms. The van der Waals surface area contributed by atoms with Crippen LogP contribution >= 0.6 is 15.9 Å². The minimum atomic E-state index is -0.0248. The zero-order valence-electron chi connectivity index (χ0n) is 15.0. The van der Waals surface area contributed by atoms with Crippen LogP contribution in [0, 0.1) is 0 Å². The number of anilines is 1. The van der Waals surface area contributed by atoms with Gasteiger partial charge in [-0.1, -0.05) is 29.8 Å². The van der Waals surface area contributed by atoms with Gasteiger partial charge in [-0.05, 0) is 42.8 Å². The summed E-state index contributed by atoms with van der Waals surface area (Å²) in [4.78, 5) is 19.1. The van der Waals surface area contributed by atoms with E-state index in [1.807, 2.05) is 62.8 Å². The van der Waals surface area contributed by atoms with Crippen molar-refractivity contribution in [1.29, 1.82) is 0 Å². The van der Waals surface area contributed by atoms with Gasteiger partial charge in [0, 0.05) is 47.8 Å². The third-order valence-corrected chi connectivity index (χ3v) is 4.89. The number of nitrogens with one attached hydrogen (secondary N) is 1. The maximum Gasteiger partial charge on any atom is 0.251 e. The lowest BCUT2D eigenvalue weighted by atomic mass is 10.2. The summed E-state index contributed by atoms with van der Waals surface area (Å²) in [6.45, 7) is 5.67. The topological polar surface area (TPSA) is 49.6 Å². The lowest BCUT2D eigenvalue weighted by molar-refractivity contribution is 0.0940. The van der Waals surface area contributed by atoms with Crippen molar-refractivity contribution in [3.63, 3.8) is 0 Å². The Morgan fingerprint density at radius 2 is 1.96 bits per heavy atom. The maximum atomic E-state index is 12.4. The van der Waals surface area contributed by atoms with E-state index >= 15 is 0 Å². The molecule has 1 amide bonds. The molecule has 0 saturated carbocycles. The summed E-state index contributed by atoms with van der Waals surface area (Å²) in [7, 11) is 0. The monoisotopic (exact) mass is 414 g/mol. The quantitative estimate of drug-likeness (QED) is 0.700. The molecule has 1 aromatic carbocycles. The van der Waals surface area contributed by atoms with Gasteiger partial charge in [-0.15, -0.1) is 0 Å². The second kappa shape index (κ2) is 8.36. The van der Waals surface area contributed by atoms with Crippen LogP contribution in [0.4, 0.5) is 5.82 Å². The Morgan fingerprint density at radius 1 is 1.19 bits per heavy atom. The zero-order valence-corrected chi connectivity index (χ0v) is 16.6. The first-order valence-electron chi connectivity index (χ1n) is 8.94. The van der Waals surface area contributed by atoms with Crippen LogP contribution in [0.5, 0.6) is 0 Å². The van der Waals surface area contributed by atoms with Crippen LogP contribution in [0.2, 0.25) is 0 Å². The molecule has 1 saturated heterocycles. The first-order valence-corrected chi connectivity index (χ1v) is 9.73. The number of carbonyl (C=O) groups excluding carboxylic acids is 1. The minimum Gasteiger partial charge on any atom is -0.353 e. The molecule has 3 heterocycles. The molecule has 26 heavy (non-hydrogen) atoms. The molecule has 1 N–H and O–H groups in total. The summed E-state index contributed by atoms with van der Waals surface area (Å²) in [6, 6.07) is 11.6. The predicted molar refractivity (Wildman–Crippen MR) is 109 cm³/mol. The van der Waals surface area contributed by atoms with Crippen LogP contribution in [0.3, 0.4) is 0 Å². The summed E-state index contributed by atoms with van der Waals surface area (Å²) < 4.78 is 3.04. The highest BCUT2D eigenvalue weighted by atomic mass is 79.9. The Morgan fingerprint density at radius 3 is 2.73 bits per heavy atom. The molecular weight excluding hydrogens is 392 g/mol. The van der Waals surface area contributed by atoms with E-state index in [0.717, 1.165) is 35.3 Å². The van der Waals surface area contributed by atoms with E-state index in [2.05, 4.69) is 41.6 Å². The highest BCUT2D eigenvalue weighted by Gasteiger charge is 2.26. The number of benzene rings is 1. The Kier molecular flexibility index (Phi) is 5.93. The lowest BCUT2D eigenvalue weighted by Crippen LogP contribution is -2.37. The van der Waals surface area contributed by atoms with E-state index in [0.29, 0.717) is 5.56 Å². The van der Waals surface area contributed by atoms with Crippen molar-refractivity contribution in [2.75, 3.05) is 18.0 Å². The molecule has 1 aliphatic heterocycles. The highest BCUT2D eigenvalue weighted by Crippen LogP contribution is 2.23. The molecule has 1 fully saturated rings. The molecule has 1 aliphatic rings. The van der Waals surface area contributed by atoms with Crippen LogP contribution < -0.4 is 10.2 Å². The highest BCUT2D eigenvalue weighted by molar-refractivity contribution is 9.10. The number of hydrogen-bond acceptors (Lipinski definition) is 3. The molecule has 1 unspecified atom stereocenters. The van der Waals surface area contributed by atoms with Gasteiger partial charge < -0.3 is 14.6 Å². The number of fused-ring (bicyclic) bond motifs is 1.